The minimum Gasteiger partial charge on any atom is -0.350 e. The highest BCUT2D eigenvalue weighted by Gasteiger charge is 2.33. The van der Waals surface area contributed by atoms with Gasteiger partial charge in [0, 0.05) is 6.42 Å². The van der Waals surface area contributed by atoms with E-state index in [9.17, 15) is 0 Å². The predicted molar refractivity (Wildman–Crippen MR) is 81.2 cm³/mol. The monoisotopic (exact) mass is 268 g/mol. The van der Waals surface area contributed by atoms with Crippen molar-refractivity contribution in [3.63, 3.8) is 0 Å². The molecule has 1 heterocycles. The number of rotatable bonds is 6. The first-order chi connectivity index (χ1) is 8.78. The molecule has 1 aliphatic heterocycles. The van der Waals surface area contributed by atoms with Crippen molar-refractivity contribution in [1.82, 2.24) is 0 Å². The average molecular weight is 268 g/mol. The summed E-state index contributed by atoms with van der Waals surface area (Å²) in [6.07, 6.45) is 8.27. The third-order valence-corrected chi connectivity index (χ3v) is 3.72. The van der Waals surface area contributed by atoms with Crippen LogP contribution in [0, 0.1) is 5.92 Å². The van der Waals surface area contributed by atoms with Crippen LogP contribution in [0.15, 0.2) is 11.6 Å². The summed E-state index contributed by atoms with van der Waals surface area (Å²) < 4.78 is 11.9. The van der Waals surface area contributed by atoms with Crippen molar-refractivity contribution in [2.24, 2.45) is 5.92 Å². The van der Waals surface area contributed by atoms with Crippen LogP contribution in [0.1, 0.15) is 73.6 Å². The Hall–Kier alpha value is -0.340. The van der Waals surface area contributed by atoms with Gasteiger partial charge < -0.3 is 9.47 Å². The molecule has 0 amide bonds. The highest BCUT2D eigenvalue weighted by Crippen LogP contribution is 2.30. The second kappa shape index (κ2) is 7.44. The fourth-order valence-electron chi connectivity index (χ4n) is 2.78. The Balaban J connectivity index is 2.26. The van der Waals surface area contributed by atoms with Crippen molar-refractivity contribution in [3.05, 3.63) is 11.6 Å². The molecule has 0 N–H and O–H groups in total. The summed E-state index contributed by atoms with van der Waals surface area (Å²) in [7, 11) is 0. The maximum absolute atomic E-state index is 6.00. The van der Waals surface area contributed by atoms with E-state index < -0.39 is 0 Å². The topological polar surface area (TPSA) is 18.5 Å². The fourth-order valence-corrected chi connectivity index (χ4v) is 2.78. The normalized spacial score (nSPS) is 27.9. The van der Waals surface area contributed by atoms with Crippen LogP contribution in [0.25, 0.3) is 0 Å². The largest absolute Gasteiger partial charge is 0.350 e. The van der Waals surface area contributed by atoms with Crippen molar-refractivity contribution in [3.8, 4) is 0 Å². The molecule has 0 aromatic rings. The lowest BCUT2D eigenvalue weighted by Crippen LogP contribution is -2.43. The molecule has 0 spiro atoms. The van der Waals surface area contributed by atoms with E-state index in [1.807, 2.05) is 0 Å². The summed E-state index contributed by atoms with van der Waals surface area (Å²) in [6.45, 7) is 13.1. The molecule has 0 aliphatic carbocycles. The Morgan fingerprint density at radius 2 is 2.00 bits per heavy atom. The van der Waals surface area contributed by atoms with Crippen LogP contribution in [0.3, 0.4) is 0 Å². The quantitative estimate of drug-likeness (QED) is 0.625. The molecule has 19 heavy (non-hydrogen) atoms. The molecule has 0 aromatic carbocycles. The minimum atomic E-state index is -0.0341. The fraction of sp³-hybridized carbons (Fsp3) is 0.882. The maximum atomic E-state index is 6.00. The van der Waals surface area contributed by atoms with E-state index >= 15 is 0 Å². The maximum Gasteiger partial charge on any atom is 0.158 e. The lowest BCUT2D eigenvalue weighted by Gasteiger charge is -2.39. The lowest BCUT2D eigenvalue weighted by atomic mass is 9.97. The molecule has 1 saturated heterocycles. The molecule has 0 bridgehead atoms. The van der Waals surface area contributed by atoms with Gasteiger partial charge in [-0.1, -0.05) is 18.6 Å². The van der Waals surface area contributed by atoms with Gasteiger partial charge in [-0.3, -0.25) is 0 Å². The lowest BCUT2D eigenvalue weighted by molar-refractivity contribution is -0.271. The first kappa shape index (κ1) is 16.7. The van der Waals surface area contributed by atoms with Gasteiger partial charge in [0.15, 0.2) is 6.29 Å². The SMILES string of the molecule is CC(C)=CCCC(C)CCC1OC(C)CC(C)(C)O1. The van der Waals surface area contributed by atoms with Crippen LogP contribution in [-0.2, 0) is 9.47 Å². The second-order valence-electron chi connectivity index (χ2n) is 7.00. The Labute approximate surface area is 119 Å². The van der Waals surface area contributed by atoms with Crippen LogP contribution in [0.2, 0.25) is 0 Å². The van der Waals surface area contributed by atoms with Gasteiger partial charge in [-0.05, 0) is 66.2 Å². The summed E-state index contributed by atoms with van der Waals surface area (Å²) in [5.41, 5.74) is 1.38. The van der Waals surface area contributed by atoms with Crippen molar-refractivity contribution >= 4 is 0 Å². The molecular weight excluding hydrogens is 236 g/mol. The van der Waals surface area contributed by atoms with Crippen molar-refractivity contribution in [2.45, 2.75) is 91.6 Å². The zero-order chi connectivity index (χ0) is 14.5. The number of hydrogen-bond acceptors (Lipinski definition) is 2. The first-order valence-corrected chi connectivity index (χ1v) is 7.75. The van der Waals surface area contributed by atoms with E-state index in [2.05, 4.69) is 47.6 Å². The zero-order valence-corrected chi connectivity index (χ0v) is 13.7. The highest BCUT2D eigenvalue weighted by molar-refractivity contribution is 4.92. The second-order valence-corrected chi connectivity index (χ2v) is 7.00. The summed E-state index contributed by atoms with van der Waals surface area (Å²) in [5, 5.41) is 0. The average Bonchev–Trinajstić information content (AvgIpc) is 2.23. The van der Waals surface area contributed by atoms with Gasteiger partial charge in [0.1, 0.15) is 0 Å². The zero-order valence-electron chi connectivity index (χ0n) is 13.7. The first-order valence-electron chi connectivity index (χ1n) is 7.75. The Morgan fingerprint density at radius 3 is 2.58 bits per heavy atom. The molecule has 1 aliphatic rings. The van der Waals surface area contributed by atoms with Crippen molar-refractivity contribution in [1.29, 1.82) is 0 Å². The van der Waals surface area contributed by atoms with Gasteiger partial charge in [0.05, 0.1) is 11.7 Å². The molecule has 2 heteroatoms. The summed E-state index contributed by atoms with van der Waals surface area (Å²) >= 11 is 0. The van der Waals surface area contributed by atoms with Gasteiger partial charge >= 0.3 is 0 Å². The standard InChI is InChI=1S/C17H32O2/c1-13(2)8-7-9-14(3)10-11-16-18-15(4)12-17(5,6)19-16/h8,14-16H,7,9-12H2,1-6H3. The molecule has 112 valence electrons. The van der Waals surface area contributed by atoms with E-state index in [4.69, 9.17) is 9.47 Å². The summed E-state index contributed by atoms with van der Waals surface area (Å²) in [5.74, 6) is 0.739. The number of hydrogen-bond donors (Lipinski definition) is 0. The van der Waals surface area contributed by atoms with Gasteiger partial charge in [-0.2, -0.15) is 0 Å². The predicted octanol–water partition coefficient (Wildman–Crippen LogP) is 5.08. The molecule has 0 radical (unpaired) electrons. The Kier molecular flexibility index (Phi) is 6.55. The van der Waals surface area contributed by atoms with Gasteiger partial charge in [-0.25, -0.2) is 0 Å². The Morgan fingerprint density at radius 1 is 1.32 bits per heavy atom. The van der Waals surface area contributed by atoms with Gasteiger partial charge in [-0.15, -0.1) is 0 Å². The van der Waals surface area contributed by atoms with Crippen LogP contribution < -0.4 is 0 Å². The van der Waals surface area contributed by atoms with Gasteiger partial charge in [0.2, 0.25) is 0 Å². The van der Waals surface area contributed by atoms with E-state index in [0.717, 1.165) is 18.8 Å². The number of ether oxygens (including phenoxy) is 2. The molecule has 2 nitrogen and oxygen atoms in total. The molecule has 0 aromatic heterocycles. The Bertz CT molecular complexity index is 290. The van der Waals surface area contributed by atoms with Crippen LogP contribution >= 0.6 is 0 Å². The van der Waals surface area contributed by atoms with E-state index in [0.29, 0.717) is 6.10 Å². The molecule has 3 atom stereocenters. The van der Waals surface area contributed by atoms with Gasteiger partial charge in [0.25, 0.3) is 0 Å². The van der Waals surface area contributed by atoms with Crippen molar-refractivity contribution in [2.75, 3.05) is 0 Å². The van der Waals surface area contributed by atoms with E-state index in [1.165, 1.54) is 24.8 Å². The van der Waals surface area contributed by atoms with Crippen LogP contribution in [0.4, 0.5) is 0 Å². The number of allylic oxidation sites excluding steroid dienone is 2. The molecule has 0 saturated carbocycles. The van der Waals surface area contributed by atoms with Crippen molar-refractivity contribution < 1.29 is 9.47 Å². The molecular formula is C17H32O2. The van der Waals surface area contributed by atoms with Crippen LogP contribution in [0.5, 0.6) is 0 Å². The van der Waals surface area contributed by atoms with Crippen LogP contribution in [-0.4, -0.2) is 18.0 Å². The third kappa shape index (κ3) is 7.12. The highest BCUT2D eigenvalue weighted by atomic mass is 16.7. The molecule has 3 unspecified atom stereocenters. The summed E-state index contributed by atoms with van der Waals surface area (Å²) in [6, 6.07) is 0. The summed E-state index contributed by atoms with van der Waals surface area (Å²) in [4.78, 5) is 0. The minimum absolute atomic E-state index is 0.00958. The van der Waals surface area contributed by atoms with E-state index in [1.54, 1.807) is 0 Å². The molecule has 1 rings (SSSR count). The molecule has 1 fully saturated rings. The van der Waals surface area contributed by atoms with E-state index in [-0.39, 0.29) is 11.9 Å². The third-order valence-electron chi connectivity index (χ3n) is 3.72. The smallest absolute Gasteiger partial charge is 0.158 e.